The molecule has 112 valence electrons. The lowest BCUT2D eigenvalue weighted by molar-refractivity contribution is -0.139. The van der Waals surface area contributed by atoms with Crippen LogP contribution >= 0.6 is 11.3 Å². The van der Waals surface area contributed by atoms with Crippen LogP contribution in [0, 0.1) is 0 Å². The summed E-state index contributed by atoms with van der Waals surface area (Å²) in [5, 5.41) is 2.46. The third-order valence-corrected chi connectivity index (χ3v) is 4.11. The lowest BCUT2D eigenvalue weighted by Gasteiger charge is -2.00. The smallest absolute Gasteiger partial charge is 0.325 e. The highest BCUT2D eigenvalue weighted by molar-refractivity contribution is 7.20. The Labute approximate surface area is 130 Å². The first kappa shape index (κ1) is 14.3. The van der Waals surface area contributed by atoms with Gasteiger partial charge in [0.25, 0.3) is 5.91 Å². The molecule has 1 aromatic carbocycles. The van der Waals surface area contributed by atoms with Crippen LogP contribution in [0.15, 0.2) is 42.7 Å². The number of imidazole rings is 1. The van der Waals surface area contributed by atoms with Gasteiger partial charge in [-0.05, 0) is 5.56 Å². The number of rotatable bonds is 4. The lowest BCUT2D eigenvalue weighted by Crippen LogP contribution is -2.30. The molecule has 2 aromatic heterocycles. The number of nitrogens with zero attached hydrogens (tertiary/aromatic N) is 2. The molecule has 0 aliphatic carbocycles. The Morgan fingerprint density at radius 1 is 1.27 bits per heavy atom. The van der Waals surface area contributed by atoms with E-state index in [0.29, 0.717) is 0 Å². The van der Waals surface area contributed by atoms with Crippen molar-refractivity contribution in [1.29, 1.82) is 0 Å². The van der Waals surface area contributed by atoms with Crippen molar-refractivity contribution in [2.75, 3.05) is 13.7 Å². The molecule has 7 heteroatoms. The summed E-state index contributed by atoms with van der Waals surface area (Å²) in [6.45, 7) is -0.171. The number of methoxy groups -OCH3 is 1. The van der Waals surface area contributed by atoms with E-state index in [0.717, 1.165) is 15.4 Å². The number of carbonyl (C=O) groups is 2. The number of nitrogens with one attached hydrogen (secondary N) is 1. The first-order chi connectivity index (χ1) is 10.7. The predicted octanol–water partition coefficient (Wildman–Crippen LogP) is 1.97. The number of hydrogen-bond donors (Lipinski definition) is 1. The molecule has 0 aliphatic rings. The van der Waals surface area contributed by atoms with E-state index >= 15 is 0 Å². The average molecular weight is 315 g/mol. The summed E-state index contributed by atoms with van der Waals surface area (Å²) in [5.74, 6) is -0.900. The molecule has 0 radical (unpaired) electrons. The second-order valence-electron chi connectivity index (χ2n) is 4.54. The van der Waals surface area contributed by atoms with Gasteiger partial charge in [0, 0.05) is 12.4 Å². The molecular formula is C15H13N3O3S. The summed E-state index contributed by atoms with van der Waals surface area (Å²) in [5.41, 5.74) is 1.38. The van der Waals surface area contributed by atoms with Gasteiger partial charge in [-0.3, -0.25) is 14.0 Å². The van der Waals surface area contributed by atoms with E-state index in [9.17, 15) is 9.59 Å². The Morgan fingerprint density at radius 3 is 2.73 bits per heavy atom. The molecule has 0 spiro atoms. The van der Waals surface area contributed by atoms with Crippen LogP contribution in [0.3, 0.4) is 0 Å². The van der Waals surface area contributed by atoms with Gasteiger partial charge in [0.05, 0.1) is 12.0 Å². The lowest BCUT2D eigenvalue weighted by atomic mass is 10.2. The molecule has 0 aliphatic heterocycles. The zero-order valence-electron chi connectivity index (χ0n) is 11.8. The SMILES string of the molecule is COC(=O)CNC(=O)c1cn2cc(-c3ccccc3)sc2n1. The minimum absolute atomic E-state index is 0.171. The van der Waals surface area contributed by atoms with Crippen molar-refractivity contribution in [3.63, 3.8) is 0 Å². The van der Waals surface area contributed by atoms with Crippen molar-refractivity contribution in [2.45, 2.75) is 0 Å². The van der Waals surface area contributed by atoms with Gasteiger partial charge in [0.15, 0.2) is 4.96 Å². The molecule has 0 saturated carbocycles. The fourth-order valence-corrected chi connectivity index (χ4v) is 2.93. The second-order valence-corrected chi connectivity index (χ2v) is 5.55. The first-order valence-corrected chi connectivity index (χ1v) is 7.38. The summed E-state index contributed by atoms with van der Waals surface area (Å²) >= 11 is 1.50. The molecule has 0 atom stereocenters. The van der Waals surface area contributed by atoms with Gasteiger partial charge in [0.1, 0.15) is 12.2 Å². The van der Waals surface area contributed by atoms with Crippen molar-refractivity contribution < 1.29 is 14.3 Å². The van der Waals surface area contributed by atoms with Crippen LogP contribution in [0.1, 0.15) is 10.5 Å². The number of hydrogen-bond acceptors (Lipinski definition) is 5. The Hall–Kier alpha value is -2.67. The maximum Gasteiger partial charge on any atom is 0.325 e. The largest absolute Gasteiger partial charge is 0.468 e. The van der Waals surface area contributed by atoms with Gasteiger partial charge in [-0.2, -0.15) is 0 Å². The van der Waals surface area contributed by atoms with Crippen LogP contribution in [0.4, 0.5) is 0 Å². The number of esters is 1. The van der Waals surface area contributed by atoms with Crippen molar-refractivity contribution in [3.8, 4) is 10.4 Å². The number of aromatic nitrogens is 2. The van der Waals surface area contributed by atoms with Gasteiger partial charge >= 0.3 is 5.97 Å². The highest BCUT2D eigenvalue weighted by Gasteiger charge is 2.14. The maximum absolute atomic E-state index is 11.9. The van der Waals surface area contributed by atoms with Crippen LogP contribution in [-0.2, 0) is 9.53 Å². The Morgan fingerprint density at radius 2 is 2.05 bits per heavy atom. The number of fused-ring (bicyclic) bond motifs is 1. The van der Waals surface area contributed by atoms with Gasteiger partial charge in [-0.1, -0.05) is 41.7 Å². The van der Waals surface area contributed by atoms with E-state index in [-0.39, 0.29) is 12.2 Å². The van der Waals surface area contributed by atoms with Gasteiger partial charge in [-0.15, -0.1) is 0 Å². The van der Waals surface area contributed by atoms with Gasteiger partial charge in [0.2, 0.25) is 0 Å². The first-order valence-electron chi connectivity index (χ1n) is 6.56. The highest BCUT2D eigenvalue weighted by atomic mass is 32.1. The predicted molar refractivity (Wildman–Crippen MR) is 82.9 cm³/mol. The average Bonchev–Trinajstić information content (AvgIpc) is 3.12. The molecule has 2 heterocycles. The molecule has 6 nitrogen and oxygen atoms in total. The zero-order valence-corrected chi connectivity index (χ0v) is 12.6. The molecule has 3 aromatic rings. The molecule has 3 rings (SSSR count). The zero-order chi connectivity index (χ0) is 15.5. The molecule has 1 amide bonds. The monoisotopic (exact) mass is 315 g/mol. The Bertz CT molecular complexity index is 792. The topological polar surface area (TPSA) is 72.7 Å². The van der Waals surface area contributed by atoms with E-state index < -0.39 is 11.9 Å². The molecule has 0 bridgehead atoms. The third kappa shape index (κ3) is 2.84. The fourth-order valence-electron chi connectivity index (χ4n) is 1.96. The van der Waals surface area contributed by atoms with Crippen molar-refractivity contribution in [3.05, 3.63) is 48.4 Å². The Kier molecular flexibility index (Phi) is 3.88. The minimum Gasteiger partial charge on any atom is -0.468 e. The molecular weight excluding hydrogens is 302 g/mol. The van der Waals surface area contributed by atoms with E-state index in [1.807, 2.05) is 36.5 Å². The fraction of sp³-hybridized carbons (Fsp3) is 0.133. The van der Waals surface area contributed by atoms with Crippen molar-refractivity contribution in [1.82, 2.24) is 14.7 Å². The molecule has 0 saturated heterocycles. The summed E-state index contributed by atoms with van der Waals surface area (Å²) in [4.78, 5) is 29.0. The summed E-state index contributed by atoms with van der Waals surface area (Å²) in [6.07, 6.45) is 3.57. The van der Waals surface area contributed by atoms with E-state index in [2.05, 4.69) is 15.0 Å². The van der Waals surface area contributed by atoms with Gasteiger partial charge in [-0.25, -0.2) is 4.98 Å². The summed E-state index contributed by atoms with van der Waals surface area (Å²) in [6, 6.07) is 9.96. The third-order valence-electron chi connectivity index (χ3n) is 3.07. The Balaban J connectivity index is 1.79. The molecule has 0 fully saturated rings. The van der Waals surface area contributed by atoms with E-state index in [1.54, 1.807) is 10.6 Å². The quantitative estimate of drug-likeness (QED) is 0.747. The molecule has 1 N–H and O–H groups in total. The van der Waals surface area contributed by atoms with Crippen molar-refractivity contribution in [2.24, 2.45) is 0 Å². The van der Waals surface area contributed by atoms with E-state index in [1.165, 1.54) is 18.4 Å². The van der Waals surface area contributed by atoms with Crippen LogP contribution in [0.2, 0.25) is 0 Å². The number of thiazole rings is 1. The molecule has 22 heavy (non-hydrogen) atoms. The minimum atomic E-state index is -0.499. The van der Waals surface area contributed by atoms with Crippen LogP contribution in [-0.4, -0.2) is 34.9 Å². The van der Waals surface area contributed by atoms with Crippen LogP contribution < -0.4 is 5.32 Å². The van der Waals surface area contributed by atoms with Crippen molar-refractivity contribution >= 4 is 28.2 Å². The number of ether oxygens (including phenoxy) is 1. The molecule has 0 unspecified atom stereocenters. The van der Waals surface area contributed by atoms with E-state index in [4.69, 9.17) is 0 Å². The highest BCUT2D eigenvalue weighted by Crippen LogP contribution is 2.28. The van der Waals surface area contributed by atoms with Crippen LogP contribution in [0.25, 0.3) is 15.4 Å². The number of carbonyl (C=O) groups excluding carboxylic acids is 2. The normalized spacial score (nSPS) is 10.6. The number of benzene rings is 1. The summed E-state index contributed by atoms with van der Waals surface area (Å²) in [7, 11) is 1.27. The van der Waals surface area contributed by atoms with Crippen LogP contribution in [0.5, 0.6) is 0 Å². The van der Waals surface area contributed by atoms with Gasteiger partial charge < -0.3 is 10.1 Å². The standard InChI is InChI=1S/C15H13N3O3S/c1-21-13(19)7-16-14(20)11-8-18-9-12(22-15(18)17-11)10-5-3-2-4-6-10/h2-6,8-9H,7H2,1H3,(H,16,20). The second kappa shape index (κ2) is 5.98. The maximum atomic E-state index is 11.9. The summed E-state index contributed by atoms with van der Waals surface area (Å²) < 4.78 is 6.27. The number of amides is 1.